The molecule has 1 aromatic rings. The third kappa shape index (κ3) is 6.86. The van der Waals surface area contributed by atoms with Gasteiger partial charge in [0.2, 0.25) is 5.91 Å². The van der Waals surface area contributed by atoms with Crippen LogP contribution in [0, 0.1) is 5.92 Å². The lowest BCUT2D eigenvalue weighted by molar-refractivity contribution is -0.125. The number of rotatable bonds is 10. The number of benzene rings is 1. The van der Waals surface area contributed by atoms with Gasteiger partial charge in [0.25, 0.3) is 0 Å². The first-order valence-electron chi connectivity index (χ1n) is 11.7. The molecule has 0 saturated heterocycles. The summed E-state index contributed by atoms with van der Waals surface area (Å²) >= 11 is 0. The molecule has 2 atom stereocenters. The number of fused-ring (bicyclic) bond motifs is 1. The van der Waals surface area contributed by atoms with Gasteiger partial charge in [0, 0.05) is 13.1 Å². The van der Waals surface area contributed by atoms with Gasteiger partial charge in [-0.15, -0.1) is 0 Å². The zero-order chi connectivity index (χ0) is 25.6. The molecule has 1 aromatic carbocycles. The Morgan fingerprint density at radius 2 is 1.89 bits per heavy atom. The number of hydrogen-bond donors (Lipinski definition) is 2. The molecule has 1 aliphatic heterocycles. The van der Waals surface area contributed by atoms with E-state index in [1.54, 1.807) is 20.9 Å². The van der Waals surface area contributed by atoms with Crippen molar-refractivity contribution in [2.45, 2.75) is 51.9 Å². The van der Waals surface area contributed by atoms with E-state index < -0.39 is 17.7 Å². The lowest BCUT2D eigenvalue weighted by atomic mass is 9.83. The van der Waals surface area contributed by atoms with Gasteiger partial charge in [0.1, 0.15) is 6.61 Å². The fourth-order valence-corrected chi connectivity index (χ4v) is 3.53. The average Bonchev–Trinajstić information content (AvgIpc) is 3.26. The highest BCUT2D eigenvalue weighted by Gasteiger charge is 2.38. The van der Waals surface area contributed by atoms with Gasteiger partial charge in [-0.3, -0.25) is 4.79 Å². The molecule has 2 amide bonds. The summed E-state index contributed by atoms with van der Waals surface area (Å²) < 4.78 is 11.5. The minimum atomic E-state index is -1.08. The third-order valence-electron chi connectivity index (χ3n) is 5.89. The summed E-state index contributed by atoms with van der Waals surface area (Å²) in [6, 6.07) is 9.23. The van der Waals surface area contributed by atoms with Crippen LogP contribution in [0.2, 0.25) is 0 Å². The van der Waals surface area contributed by atoms with E-state index in [2.05, 4.69) is 15.5 Å². The second-order valence-corrected chi connectivity index (χ2v) is 9.59. The van der Waals surface area contributed by atoms with Crippen LogP contribution in [-0.2, 0) is 20.9 Å². The monoisotopic (exact) mass is 481 g/mol. The summed E-state index contributed by atoms with van der Waals surface area (Å²) in [5.41, 5.74) is 8.13. The quantitative estimate of drug-likeness (QED) is 0.533. The average molecular weight is 482 g/mol. The fraction of sp³-hybridized carbons (Fsp3) is 0.462. The Kier molecular flexibility index (Phi) is 8.58. The van der Waals surface area contributed by atoms with E-state index in [-0.39, 0.29) is 31.1 Å². The van der Waals surface area contributed by atoms with Crippen molar-refractivity contribution in [2.75, 3.05) is 20.3 Å². The zero-order valence-corrected chi connectivity index (χ0v) is 21.0. The molecule has 1 unspecified atom stereocenters. The molecule has 1 heterocycles. The first kappa shape index (κ1) is 26.3. The number of carbonyl (C=O) groups excluding carboxylic acids is 2. The highest BCUT2D eigenvalue weighted by atomic mass is 16.6. The number of nitrogens with one attached hydrogen (secondary N) is 1. The van der Waals surface area contributed by atoms with Crippen molar-refractivity contribution in [3.63, 3.8) is 0 Å². The zero-order valence-electron chi connectivity index (χ0n) is 21.0. The fourth-order valence-electron chi connectivity index (χ4n) is 3.53. The van der Waals surface area contributed by atoms with Crippen LogP contribution in [0.25, 0.3) is 0 Å². The van der Waals surface area contributed by atoms with E-state index >= 15 is 0 Å². The minimum absolute atomic E-state index is 0.0180. The molecular weight excluding hydrogens is 446 g/mol. The normalized spacial score (nSPS) is 17.8. The molecule has 0 spiro atoms. The summed E-state index contributed by atoms with van der Waals surface area (Å²) in [5, 5.41) is 11.7. The number of carbonyl (C=O) groups is 2. The van der Waals surface area contributed by atoms with Gasteiger partial charge in [0.05, 0.1) is 42.1 Å². The molecule has 0 bridgehead atoms. The predicted molar refractivity (Wildman–Crippen MR) is 136 cm³/mol. The molecule has 0 aromatic heterocycles. The summed E-state index contributed by atoms with van der Waals surface area (Å²) in [7, 11) is 1.70. The minimum Gasteiger partial charge on any atom is -0.445 e. The highest BCUT2D eigenvalue weighted by Crippen LogP contribution is 2.27. The van der Waals surface area contributed by atoms with Crippen molar-refractivity contribution >= 4 is 23.4 Å². The first-order valence-corrected chi connectivity index (χ1v) is 11.7. The van der Waals surface area contributed by atoms with Crippen LogP contribution in [0.1, 0.15) is 33.3 Å². The second kappa shape index (κ2) is 11.4. The lowest BCUT2D eigenvalue weighted by Crippen LogP contribution is -2.56. The summed E-state index contributed by atoms with van der Waals surface area (Å²) in [6.45, 7) is 7.76. The van der Waals surface area contributed by atoms with E-state index in [1.165, 1.54) is 4.90 Å². The molecule has 188 valence electrons. The molecule has 9 heteroatoms. The van der Waals surface area contributed by atoms with Crippen LogP contribution in [0.3, 0.4) is 0 Å². The van der Waals surface area contributed by atoms with Gasteiger partial charge in [-0.1, -0.05) is 42.5 Å². The van der Waals surface area contributed by atoms with Crippen molar-refractivity contribution < 1.29 is 19.1 Å². The predicted octanol–water partition coefficient (Wildman–Crippen LogP) is 2.83. The smallest absolute Gasteiger partial charge is 0.410 e. The molecule has 9 nitrogen and oxygen atoms in total. The first-order chi connectivity index (χ1) is 16.6. The van der Waals surface area contributed by atoms with Gasteiger partial charge < -0.3 is 25.4 Å². The Bertz CT molecular complexity index is 1040. The number of allylic oxidation sites excluding steroid dienone is 3. The molecular formula is C26H35N5O4. The standard InChI is InChI=1S/C26H35N5O4/c1-17(2)31(5)25(33)35-15-19-12-9-13-20-22(19)23(30-29-20)21(28-24(32)26(3,4)27)16-34-14-18-10-7-6-8-11-18/h6-13,17,21-22H,14-16,27H2,1-5H3,(H,28,32)/t21-,22?/m1/s1. The Balaban J connectivity index is 1.75. The van der Waals surface area contributed by atoms with E-state index in [0.717, 1.165) is 16.8 Å². The highest BCUT2D eigenvalue weighted by molar-refractivity contribution is 6.20. The van der Waals surface area contributed by atoms with Crippen LogP contribution in [0.5, 0.6) is 0 Å². The van der Waals surface area contributed by atoms with Crippen LogP contribution in [0.4, 0.5) is 4.79 Å². The Morgan fingerprint density at radius 3 is 2.54 bits per heavy atom. The number of nitrogens with zero attached hydrogens (tertiary/aromatic N) is 3. The van der Waals surface area contributed by atoms with Crippen molar-refractivity contribution in [2.24, 2.45) is 21.9 Å². The number of nitrogens with two attached hydrogens (primary N) is 1. The van der Waals surface area contributed by atoms with Crippen LogP contribution < -0.4 is 11.1 Å². The SMILES string of the molecule is CC(C)N(C)C(=O)OCC1=CC=CC2=NN=C([C@@H](COCc3ccccc3)NC(=O)C(C)(C)N)C12. The molecule has 3 rings (SSSR count). The van der Waals surface area contributed by atoms with E-state index in [9.17, 15) is 9.59 Å². The topological polar surface area (TPSA) is 119 Å². The Morgan fingerprint density at radius 1 is 1.17 bits per heavy atom. The van der Waals surface area contributed by atoms with E-state index in [0.29, 0.717) is 12.3 Å². The van der Waals surface area contributed by atoms with E-state index in [4.69, 9.17) is 15.2 Å². The summed E-state index contributed by atoms with van der Waals surface area (Å²) in [4.78, 5) is 26.7. The van der Waals surface area contributed by atoms with Gasteiger partial charge in [-0.25, -0.2) is 4.79 Å². The summed E-state index contributed by atoms with van der Waals surface area (Å²) in [6.07, 6.45) is 5.20. The van der Waals surface area contributed by atoms with E-state index in [1.807, 2.05) is 62.4 Å². The lowest BCUT2D eigenvalue weighted by Gasteiger charge is -2.29. The maximum atomic E-state index is 12.8. The number of ether oxygens (including phenoxy) is 2. The number of hydrogen-bond acceptors (Lipinski definition) is 7. The van der Waals surface area contributed by atoms with Crippen molar-refractivity contribution in [1.82, 2.24) is 10.2 Å². The Hall–Kier alpha value is -3.30. The molecule has 1 aliphatic carbocycles. The van der Waals surface area contributed by atoms with Gasteiger partial charge in [-0.2, -0.15) is 10.2 Å². The molecule has 2 aliphatic rings. The molecule has 35 heavy (non-hydrogen) atoms. The van der Waals surface area contributed by atoms with Crippen LogP contribution in [-0.4, -0.2) is 66.2 Å². The number of amides is 2. The van der Waals surface area contributed by atoms with Crippen LogP contribution >= 0.6 is 0 Å². The third-order valence-corrected chi connectivity index (χ3v) is 5.89. The van der Waals surface area contributed by atoms with Crippen molar-refractivity contribution in [3.05, 3.63) is 59.7 Å². The van der Waals surface area contributed by atoms with Crippen molar-refractivity contribution in [3.8, 4) is 0 Å². The maximum Gasteiger partial charge on any atom is 0.410 e. The molecule has 0 saturated carbocycles. The van der Waals surface area contributed by atoms with Crippen LogP contribution in [0.15, 0.2) is 64.3 Å². The second-order valence-electron chi connectivity index (χ2n) is 9.59. The van der Waals surface area contributed by atoms with Gasteiger partial charge >= 0.3 is 6.09 Å². The molecule has 0 radical (unpaired) electrons. The maximum absolute atomic E-state index is 12.8. The molecule has 0 fully saturated rings. The largest absolute Gasteiger partial charge is 0.445 e. The molecule has 3 N–H and O–H groups in total. The Labute approximate surface area is 206 Å². The van der Waals surface area contributed by atoms with Gasteiger partial charge in [0.15, 0.2) is 0 Å². The van der Waals surface area contributed by atoms with Crippen molar-refractivity contribution in [1.29, 1.82) is 0 Å². The summed E-state index contributed by atoms with van der Waals surface area (Å²) in [5.74, 6) is -0.660. The van der Waals surface area contributed by atoms with Gasteiger partial charge in [-0.05, 0) is 44.9 Å².